The Kier molecular flexibility index (Phi) is 6.25. The van der Waals surface area contributed by atoms with Crippen LogP contribution in [-0.2, 0) is 16.0 Å². The molecule has 0 aliphatic carbocycles. The minimum atomic E-state index is -1.26. The number of carbonyl (C=O) groups is 2. The lowest BCUT2D eigenvalue weighted by Crippen LogP contribution is -2.30. The number of para-hydroxylation sites is 1. The highest BCUT2D eigenvalue weighted by Crippen LogP contribution is 2.26. The van der Waals surface area contributed by atoms with Gasteiger partial charge in [-0.1, -0.05) is 18.2 Å². The molecular weight excluding hydrogens is 262 g/mol. The number of carboxylic acid groups (broad SMARTS) is 2. The molecule has 0 amide bonds. The van der Waals surface area contributed by atoms with E-state index in [-0.39, 0.29) is 6.10 Å². The molecule has 0 aromatic heterocycles. The molecular formula is C14H17NO5. The van der Waals surface area contributed by atoms with Gasteiger partial charge in [-0.2, -0.15) is 0 Å². The van der Waals surface area contributed by atoms with Gasteiger partial charge in [-0.05, 0) is 24.5 Å². The van der Waals surface area contributed by atoms with Crippen molar-refractivity contribution < 1.29 is 24.5 Å². The molecule has 2 rings (SSSR count). The predicted octanol–water partition coefficient (Wildman–Crippen LogP) is 1.05. The van der Waals surface area contributed by atoms with Gasteiger partial charge in [0.15, 0.2) is 0 Å². The molecule has 0 saturated heterocycles. The molecule has 6 heteroatoms. The summed E-state index contributed by atoms with van der Waals surface area (Å²) in [6.07, 6.45) is 3.48. The first-order valence-electron chi connectivity index (χ1n) is 6.11. The molecule has 6 nitrogen and oxygen atoms in total. The average Bonchev–Trinajstić information content (AvgIpc) is 2.45. The molecule has 0 bridgehead atoms. The Morgan fingerprint density at radius 1 is 1.25 bits per heavy atom. The van der Waals surface area contributed by atoms with E-state index < -0.39 is 11.9 Å². The molecule has 1 unspecified atom stereocenters. The van der Waals surface area contributed by atoms with Gasteiger partial charge in [0.2, 0.25) is 0 Å². The average molecular weight is 279 g/mol. The fourth-order valence-corrected chi connectivity index (χ4v) is 1.69. The summed E-state index contributed by atoms with van der Waals surface area (Å²) in [5.74, 6) is -1.50. The van der Waals surface area contributed by atoms with Gasteiger partial charge in [0.1, 0.15) is 11.9 Å². The van der Waals surface area contributed by atoms with E-state index >= 15 is 0 Å². The Balaban J connectivity index is 0.000000221. The van der Waals surface area contributed by atoms with E-state index in [1.165, 1.54) is 5.56 Å². The highest BCUT2D eigenvalue weighted by atomic mass is 16.5. The first-order valence-corrected chi connectivity index (χ1v) is 6.11. The van der Waals surface area contributed by atoms with Gasteiger partial charge in [-0.15, -0.1) is 0 Å². The summed E-state index contributed by atoms with van der Waals surface area (Å²) < 4.78 is 5.66. The summed E-state index contributed by atoms with van der Waals surface area (Å²) in [6.45, 7) is 0.619. The van der Waals surface area contributed by atoms with Gasteiger partial charge >= 0.3 is 11.9 Å². The van der Waals surface area contributed by atoms with Gasteiger partial charge in [0.25, 0.3) is 0 Å². The van der Waals surface area contributed by atoms with E-state index in [2.05, 4.69) is 6.07 Å². The lowest BCUT2D eigenvalue weighted by atomic mass is 10.0. The van der Waals surface area contributed by atoms with Crippen molar-refractivity contribution in [1.82, 2.24) is 0 Å². The predicted molar refractivity (Wildman–Crippen MR) is 72.6 cm³/mol. The van der Waals surface area contributed by atoms with Gasteiger partial charge in [-0.3, -0.25) is 0 Å². The molecule has 1 aromatic rings. The second-order valence-corrected chi connectivity index (χ2v) is 4.13. The molecule has 1 aromatic carbocycles. The standard InChI is InChI=1S/C10H13NO.C4H4O4/c11-7-9-6-5-8-3-1-2-4-10(8)12-9;5-3(6)1-2-4(7)8/h1-4,9H,5-7,11H2;1-2H,(H,5,6)(H,7,8). The molecule has 1 heterocycles. The van der Waals surface area contributed by atoms with Gasteiger partial charge in [0, 0.05) is 18.7 Å². The summed E-state index contributed by atoms with van der Waals surface area (Å²) in [6, 6.07) is 8.17. The van der Waals surface area contributed by atoms with Crippen LogP contribution in [0.4, 0.5) is 0 Å². The zero-order chi connectivity index (χ0) is 15.0. The monoisotopic (exact) mass is 279 g/mol. The van der Waals surface area contributed by atoms with Crippen molar-refractivity contribution in [2.75, 3.05) is 6.54 Å². The fourth-order valence-electron chi connectivity index (χ4n) is 1.69. The first-order chi connectivity index (χ1) is 9.52. The van der Waals surface area contributed by atoms with Crippen LogP contribution in [0.2, 0.25) is 0 Å². The molecule has 0 saturated carbocycles. The highest BCUT2D eigenvalue weighted by Gasteiger charge is 2.16. The van der Waals surface area contributed by atoms with Crippen molar-refractivity contribution in [2.24, 2.45) is 5.73 Å². The van der Waals surface area contributed by atoms with Crippen LogP contribution in [0.3, 0.4) is 0 Å². The molecule has 0 spiro atoms. The topological polar surface area (TPSA) is 110 Å². The Hall–Kier alpha value is -2.34. The lowest BCUT2D eigenvalue weighted by Gasteiger charge is -2.24. The minimum absolute atomic E-state index is 0.222. The normalized spacial score (nSPS) is 16.6. The number of benzene rings is 1. The van der Waals surface area contributed by atoms with Crippen LogP contribution in [0.15, 0.2) is 36.4 Å². The number of carboxylic acids is 2. The third-order valence-electron chi connectivity index (χ3n) is 2.63. The molecule has 0 radical (unpaired) electrons. The Bertz CT molecular complexity index is 482. The summed E-state index contributed by atoms with van der Waals surface area (Å²) in [4.78, 5) is 19.1. The van der Waals surface area contributed by atoms with E-state index in [0.29, 0.717) is 18.7 Å². The van der Waals surface area contributed by atoms with Crippen molar-refractivity contribution in [2.45, 2.75) is 18.9 Å². The van der Waals surface area contributed by atoms with Crippen LogP contribution in [0, 0.1) is 0 Å². The summed E-state index contributed by atoms with van der Waals surface area (Å²) in [7, 11) is 0. The third-order valence-corrected chi connectivity index (χ3v) is 2.63. The largest absolute Gasteiger partial charge is 0.489 e. The van der Waals surface area contributed by atoms with Crippen LogP contribution in [0.5, 0.6) is 5.75 Å². The lowest BCUT2D eigenvalue weighted by molar-refractivity contribution is -0.134. The maximum Gasteiger partial charge on any atom is 0.328 e. The van der Waals surface area contributed by atoms with Crippen LogP contribution < -0.4 is 10.5 Å². The van der Waals surface area contributed by atoms with Gasteiger partial charge < -0.3 is 20.7 Å². The Morgan fingerprint density at radius 3 is 2.40 bits per heavy atom. The summed E-state index contributed by atoms with van der Waals surface area (Å²) in [5, 5.41) is 15.6. The summed E-state index contributed by atoms with van der Waals surface area (Å²) in [5.41, 5.74) is 6.84. The van der Waals surface area contributed by atoms with E-state index in [0.717, 1.165) is 18.6 Å². The number of hydrogen-bond donors (Lipinski definition) is 3. The fraction of sp³-hybridized carbons (Fsp3) is 0.286. The molecule has 1 aliphatic heterocycles. The number of rotatable bonds is 3. The smallest absolute Gasteiger partial charge is 0.328 e. The third kappa shape index (κ3) is 5.53. The van der Waals surface area contributed by atoms with Crippen LogP contribution in [-0.4, -0.2) is 34.8 Å². The zero-order valence-corrected chi connectivity index (χ0v) is 10.9. The van der Waals surface area contributed by atoms with Crippen molar-refractivity contribution in [3.05, 3.63) is 42.0 Å². The van der Waals surface area contributed by atoms with Crippen LogP contribution in [0.25, 0.3) is 0 Å². The number of ether oxygens (including phenoxy) is 1. The van der Waals surface area contributed by atoms with E-state index in [4.69, 9.17) is 20.7 Å². The minimum Gasteiger partial charge on any atom is -0.489 e. The molecule has 1 aliphatic rings. The van der Waals surface area contributed by atoms with Crippen molar-refractivity contribution in [3.8, 4) is 5.75 Å². The maximum atomic E-state index is 9.55. The van der Waals surface area contributed by atoms with Crippen LogP contribution >= 0.6 is 0 Å². The SMILES string of the molecule is NCC1CCc2ccccc2O1.O=C(O)C=CC(=O)O. The van der Waals surface area contributed by atoms with Crippen molar-refractivity contribution in [1.29, 1.82) is 0 Å². The van der Waals surface area contributed by atoms with E-state index in [1.807, 2.05) is 18.2 Å². The molecule has 4 N–H and O–H groups in total. The molecule has 108 valence electrons. The number of aliphatic carboxylic acids is 2. The Morgan fingerprint density at radius 2 is 1.85 bits per heavy atom. The molecule has 20 heavy (non-hydrogen) atoms. The Labute approximate surface area is 116 Å². The van der Waals surface area contributed by atoms with E-state index in [9.17, 15) is 9.59 Å². The summed E-state index contributed by atoms with van der Waals surface area (Å²) >= 11 is 0. The van der Waals surface area contributed by atoms with E-state index in [1.54, 1.807) is 0 Å². The highest BCUT2D eigenvalue weighted by molar-refractivity contribution is 5.89. The van der Waals surface area contributed by atoms with Gasteiger partial charge in [-0.25, -0.2) is 9.59 Å². The maximum absolute atomic E-state index is 9.55. The number of nitrogens with two attached hydrogens (primary N) is 1. The number of hydrogen-bond acceptors (Lipinski definition) is 4. The number of fused-ring (bicyclic) bond motifs is 1. The zero-order valence-electron chi connectivity index (χ0n) is 10.9. The first kappa shape index (κ1) is 15.7. The second kappa shape index (κ2) is 7.96. The van der Waals surface area contributed by atoms with Gasteiger partial charge in [0.05, 0.1) is 0 Å². The number of aryl methyl sites for hydroxylation is 1. The van der Waals surface area contributed by atoms with Crippen molar-refractivity contribution >= 4 is 11.9 Å². The van der Waals surface area contributed by atoms with Crippen molar-refractivity contribution in [3.63, 3.8) is 0 Å². The quantitative estimate of drug-likeness (QED) is 0.713. The van der Waals surface area contributed by atoms with Crippen LogP contribution in [0.1, 0.15) is 12.0 Å². The molecule has 0 fully saturated rings. The second-order valence-electron chi connectivity index (χ2n) is 4.13. The molecule has 1 atom stereocenters.